The molecular weight excluding hydrogens is 452 g/mol. The van der Waals surface area contributed by atoms with Crippen molar-refractivity contribution in [1.82, 2.24) is 0 Å². The highest BCUT2D eigenvalue weighted by Gasteiger charge is 2.52. The zero-order chi connectivity index (χ0) is 25.3. The highest BCUT2D eigenvalue weighted by Crippen LogP contribution is 2.45. The molecule has 184 valence electrons. The molecule has 2 N–H and O–H groups in total. The number of hydrogen-bond donors (Lipinski definition) is 2. The zero-order valence-electron chi connectivity index (χ0n) is 20.3. The Hall–Kier alpha value is -3.74. The molecule has 0 aliphatic carbocycles. The quantitative estimate of drug-likeness (QED) is 0.482. The number of para-hydroxylation sites is 2. The molecule has 0 saturated carbocycles. The Bertz CT molecular complexity index is 1320. The summed E-state index contributed by atoms with van der Waals surface area (Å²) in [6.07, 6.45) is 5.27. The van der Waals surface area contributed by atoms with E-state index in [0.29, 0.717) is 30.6 Å². The van der Waals surface area contributed by atoms with Gasteiger partial charge in [-0.2, -0.15) is 0 Å². The van der Waals surface area contributed by atoms with E-state index in [1.807, 2.05) is 67.6 Å². The lowest BCUT2D eigenvalue weighted by Gasteiger charge is -2.30. The van der Waals surface area contributed by atoms with Gasteiger partial charge in [0.05, 0.1) is 17.9 Å². The van der Waals surface area contributed by atoms with E-state index in [4.69, 9.17) is 5.11 Å². The summed E-state index contributed by atoms with van der Waals surface area (Å²) in [5.41, 5.74) is 3.36. The molecule has 0 unspecified atom stereocenters. The van der Waals surface area contributed by atoms with Crippen molar-refractivity contribution < 1.29 is 19.8 Å². The summed E-state index contributed by atoms with van der Waals surface area (Å²) >= 11 is 0. The Morgan fingerprint density at radius 2 is 1.64 bits per heavy atom. The van der Waals surface area contributed by atoms with Gasteiger partial charge in [0.1, 0.15) is 0 Å². The van der Waals surface area contributed by atoms with Gasteiger partial charge in [-0.3, -0.25) is 14.5 Å². The zero-order valence-corrected chi connectivity index (χ0v) is 20.3. The van der Waals surface area contributed by atoms with Gasteiger partial charge in [-0.25, -0.2) is 0 Å². The van der Waals surface area contributed by atoms with Gasteiger partial charge in [-0.05, 0) is 48.2 Å². The maximum absolute atomic E-state index is 13.6. The SMILES string of the molecule is C[C@H](/C=C/CCO)[C@@]1(O)C(=O)N(Cc2ccc(N3C(=O)CCc4ccccc43)cc2)c2ccccc21. The molecule has 0 saturated heterocycles. The van der Waals surface area contributed by atoms with E-state index in [1.165, 1.54) is 0 Å². The number of amides is 2. The van der Waals surface area contributed by atoms with E-state index in [0.717, 1.165) is 28.9 Å². The summed E-state index contributed by atoms with van der Waals surface area (Å²) < 4.78 is 0. The minimum absolute atomic E-state index is 0.0168. The van der Waals surface area contributed by atoms with Crippen molar-refractivity contribution in [3.63, 3.8) is 0 Å². The first-order chi connectivity index (χ1) is 17.4. The molecule has 2 atom stereocenters. The fourth-order valence-corrected chi connectivity index (χ4v) is 5.22. The number of carbonyl (C=O) groups excluding carboxylic acids is 2. The fourth-order valence-electron chi connectivity index (χ4n) is 5.22. The first kappa shape index (κ1) is 24.0. The molecule has 6 heteroatoms. The number of carbonyl (C=O) groups is 2. The van der Waals surface area contributed by atoms with Crippen LogP contribution in [0.5, 0.6) is 0 Å². The molecule has 0 aromatic heterocycles. The molecule has 3 aromatic rings. The van der Waals surface area contributed by atoms with Crippen molar-refractivity contribution in [2.75, 3.05) is 16.4 Å². The van der Waals surface area contributed by atoms with Gasteiger partial charge in [0.2, 0.25) is 5.91 Å². The van der Waals surface area contributed by atoms with Crippen LogP contribution in [-0.4, -0.2) is 28.6 Å². The van der Waals surface area contributed by atoms with Gasteiger partial charge >= 0.3 is 0 Å². The van der Waals surface area contributed by atoms with E-state index < -0.39 is 11.5 Å². The predicted octanol–water partition coefficient (Wildman–Crippen LogP) is 4.61. The second-order valence-corrected chi connectivity index (χ2v) is 9.43. The van der Waals surface area contributed by atoms with Crippen LogP contribution < -0.4 is 9.80 Å². The standard InChI is InChI=1S/C30H30N2O4/c1-21(8-6-7-19-33)30(36)25-10-3-5-12-27(25)31(29(30)35)20-22-13-16-24(17-14-22)32-26-11-4-2-9-23(26)15-18-28(32)34/h2-6,8-14,16-17,21,33,36H,7,15,18-20H2,1H3/b8-6+/t21-,30+/m1/s1. The molecule has 6 nitrogen and oxygen atoms in total. The Labute approximate surface area is 211 Å². The molecule has 36 heavy (non-hydrogen) atoms. The number of benzene rings is 3. The highest BCUT2D eigenvalue weighted by atomic mass is 16.3. The number of aryl methyl sites for hydroxylation is 1. The first-order valence-electron chi connectivity index (χ1n) is 12.4. The summed E-state index contributed by atoms with van der Waals surface area (Å²) in [4.78, 5) is 29.7. The van der Waals surface area contributed by atoms with Gasteiger partial charge in [0.15, 0.2) is 5.60 Å². The third kappa shape index (κ3) is 4.02. The summed E-state index contributed by atoms with van der Waals surface area (Å²) in [7, 11) is 0. The number of nitrogens with zero attached hydrogens (tertiary/aromatic N) is 2. The summed E-state index contributed by atoms with van der Waals surface area (Å²) in [6.45, 7) is 2.13. The number of aliphatic hydroxyl groups is 2. The Morgan fingerprint density at radius 1 is 0.944 bits per heavy atom. The third-order valence-corrected chi connectivity index (χ3v) is 7.18. The minimum atomic E-state index is -1.67. The van der Waals surface area contributed by atoms with Crippen LogP contribution >= 0.6 is 0 Å². The molecule has 5 rings (SSSR count). The van der Waals surface area contributed by atoms with Crippen molar-refractivity contribution in [2.45, 2.75) is 38.3 Å². The molecule has 0 radical (unpaired) electrons. The van der Waals surface area contributed by atoms with E-state index in [2.05, 4.69) is 6.07 Å². The Kier molecular flexibility index (Phi) is 6.48. The van der Waals surface area contributed by atoms with E-state index >= 15 is 0 Å². The smallest absolute Gasteiger partial charge is 0.264 e. The lowest BCUT2D eigenvalue weighted by atomic mass is 9.83. The van der Waals surface area contributed by atoms with Crippen molar-refractivity contribution in [3.05, 3.63) is 102 Å². The van der Waals surface area contributed by atoms with Crippen LogP contribution in [0.1, 0.15) is 36.5 Å². The molecule has 3 aromatic carbocycles. The van der Waals surface area contributed by atoms with Crippen LogP contribution in [-0.2, 0) is 28.2 Å². The molecule has 2 amide bonds. The second kappa shape index (κ2) is 9.72. The van der Waals surface area contributed by atoms with Gasteiger partial charge < -0.3 is 15.1 Å². The normalized spacial score (nSPS) is 20.1. The molecule has 0 spiro atoms. The van der Waals surface area contributed by atoms with Crippen molar-refractivity contribution in [3.8, 4) is 0 Å². The van der Waals surface area contributed by atoms with E-state index in [9.17, 15) is 14.7 Å². The van der Waals surface area contributed by atoms with Gasteiger partial charge in [0.25, 0.3) is 5.91 Å². The lowest BCUT2D eigenvalue weighted by molar-refractivity contribution is -0.139. The van der Waals surface area contributed by atoms with Crippen LogP contribution in [0, 0.1) is 5.92 Å². The summed E-state index contributed by atoms with van der Waals surface area (Å²) in [6, 6.07) is 23.0. The lowest BCUT2D eigenvalue weighted by Crippen LogP contribution is -2.44. The third-order valence-electron chi connectivity index (χ3n) is 7.18. The average molecular weight is 483 g/mol. The first-order valence-corrected chi connectivity index (χ1v) is 12.4. The molecule has 0 bridgehead atoms. The number of aliphatic hydroxyl groups excluding tert-OH is 1. The molecule has 0 fully saturated rings. The Morgan fingerprint density at radius 3 is 2.39 bits per heavy atom. The maximum atomic E-state index is 13.6. The van der Waals surface area contributed by atoms with Crippen LogP contribution in [0.2, 0.25) is 0 Å². The molecular formula is C30H30N2O4. The fraction of sp³-hybridized carbons (Fsp3) is 0.267. The Balaban J connectivity index is 1.41. The van der Waals surface area contributed by atoms with Crippen molar-refractivity contribution in [2.24, 2.45) is 5.92 Å². The number of anilines is 3. The second-order valence-electron chi connectivity index (χ2n) is 9.43. The topological polar surface area (TPSA) is 81.1 Å². The monoisotopic (exact) mass is 482 g/mol. The molecule has 2 aliphatic heterocycles. The molecule has 2 heterocycles. The van der Waals surface area contributed by atoms with Crippen molar-refractivity contribution in [1.29, 1.82) is 0 Å². The summed E-state index contributed by atoms with van der Waals surface area (Å²) in [5.74, 6) is -0.761. The predicted molar refractivity (Wildman–Crippen MR) is 140 cm³/mol. The highest BCUT2D eigenvalue weighted by molar-refractivity contribution is 6.07. The van der Waals surface area contributed by atoms with Crippen LogP contribution in [0.15, 0.2) is 84.9 Å². The van der Waals surface area contributed by atoms with Gasteiger partial charge in [-0.15, -0.1) is 0 Å². The van der Waals surface area contributed by atoms with Gasteiger partial charge in [0, 0.05) is 30.2 Å². The largest absolute Gasteiger partial charge is 0.396 e. The van der Waals surface area contributed by atoms with Crippen LogP contribution in [0.4, 0.5) is 17.1 Å². The number of rotatable bonds is 7. The summed E-state index contributed by atoms with van der Waals surface area (Å²) in [5, 5.41) is 20.7. The van der Waals surface area contributed by atoms with Crippen LogP contribution in [0.25, 0.3) is 0 Å². The number of fused-ring (bicyclic) bond motifs is 2. The van der Waals surface area contributed by atoms with E-state index in [1.54, 1.807) is 28.0 Å². The average Bonchev–Trinajstić information content (AvgIpc) is 3.12. The minimum Gasteiger partial charge on any atom is -0.396 e. The van der Waals surface area contributed by atoms with Crippen LogP contribution in [0.3, 0.4) is 0 Å². The molecule has 2 aliphatic rings. The van der Waals surface area contributed by atoms with Crippen molar-refractivity contribution >= 4 is 28.9 Å². The maximum Gasteiger partial charge on any atom is 0.264 e. The van der Waals surface area contributed by atoms with Gasteiger partial charge in [-0.1, -0.05) is 67.6 Å². The van der Waals surface area contributed by atoms with E-state index in [-0.39, 0.29) is 18.4 Å². The number of hydrogen-bond acceptors (Lipinski definition) is 4.